The van der Waals surface area contributed by atoms with E-state index in [0.29, 0.717) is 6.42 Å². The highest BCUT2D eigenvalue weighted by Crippen LogP contribution is 2.14. The second-order valence-electron chi connectivity index (χ2n) is 5.45. The minimum Gasteiger partial charge on any atom is -0.388 e. The third-order valence-corrected chi connectivity index (χ3v) is 7.07. The summed E-state index contributed by atoms with van der Waals surface area (Å²) in [5.74, 6) is -0.174. The largest absolute Gasteiger partial charge is 0.388 e. The Bertz CT molecular complexity index is 668. The van der Waals surface area contributed by atoms with Crippen molar-refractivity contribution in [2.24, 2.45) is 0 Å². The molecule has 8 heteroatoms. The van der Waals surface area contributed by atoms with Crippen LogP contribution in [0.4, 0.5) is 5.69 Å². The number of anilines is 1. The summed E-state index contributed by atoms with van der Waals surface area (Å²) in [7, 11) is -6.19. The van der Waals surface area contributed by atoms with Crippen LogP contribution >= 0.6 is 0 Å². The van der Waals surface area contributed by atoms with Crippen LogP contribution in [0.15, 0.2) is 29.2 Å². The zero-order chi connectivity index (χ0) is 17.3. The van der Waals surface area contributed by atoms with Gasteiger partial charge >= 0.3 is 0 Å². The van der Waals surface area contributed by atoms with E-state index in [-0.39, 0.29) is 10.6 Å². The van der Waals surface area contributed by atoms with Gasteiger partial charge in [0.15, 0.2) is 0 Å². The minimum absolute atomic E-state index is 0.0666. The van der Waals surface area contributed by atoms with Crippen LogP contribution in [0.2, 0.25) is 0 Å². The Balaban J connectivity index is 2.57. The first-order valence-corrected chi connectivity index (χ1v) is 11.0. The molecule has 0 atom stereocenters. The minimum atomic E-state index is -4.06. The van der Waals surface area contributed by atoms with E-state index < -0.39 is 20.0 Å². The monoisotopic (exact) mass is 362 g/mol. The van der Waals surface area contributed by atoms with Gasteiger partial charge in [0.05, 0.1) is 10.6 Å². The van der Waals surface area contributed by atoms with Crippen LogP contribution in [0, 0.1) is 0 Å². The number of unbranched alkanes of at least 4 members (excludes halogenated alkanes) is 5. The Hall–Kier alpha value is -1.12. The summed E-state index contributed by atoms with van der Waals surface area (Å²) in [6.45, 7) is 2.11. The highest BCUT2D eigenvalue weighted by Gasteiger charge is 2.22. The van der Waals surface area contributed by atoms with E-state index in [2.05, 4.69) is 12.2 Å². The Morgan fingerprint density at radius 1 is 0.870 bits per heavy atom. The summed E-state index contributed by atoms with van der Waals surface area (Å²) in [6, 6.07) is 5.90. The third kappa shape index (κ3) is 7.32. The van der Waals surface area contributed by atoms with E-state index in [1.165, 1.54) is 12.1 Å². The summed E-state index contributed by atoms with van der Waals surface area (Å²) in [5.41, 5.74) is 0.749. The SMILES string of the molecule is CCCCCCCCS(=O)(=O)NS(=O)(=O)c1ccc(NC)cc1. The summed E-state index contributed by atoms with van der Waals surface area (Å²) >= 11 is 0. The molecule has 0 radical (unpaired) electrons. The Labute approximate surface area is 139 Å². The second kappa shape index (κ2) is 9.24. The lowest BCUT2D eigenvalue weighted by Crippen LogP contribution is -2.32. The van der Waals surface area contributed by atoms with Crippen LogP contribution in [0.25, 0.3) is 0 Å². The van der Waals surface area contributed by atoms with Gasteiger partial charge in [0.1, 0.15) is 0 Å². The highest BCUT2D eigenvalue weighted by atomic mass is 32.3. The molecule has 1 aromatic rings. The van der Waals surface area contributed by atoms with Gasteiger partial charge in [0.25, 0.3) is 10.0 Å². The highest BCUT2D eigenvalue weighted by molar-refractivity contribution is 8.04. The van der Waals surface area contributed by atoms with E-state index in [1.54, 1.807) is 19.2 Å². The number of nitrogens with one attached hydrogen (secondary N) is 2. The van der Waals surface area contributed by atoms with Crippen LogP contribution in [0.1, 0.15) is 45.4 Å². The molecule has 6 nitrogen and oxygen atoms in total. The van der Waals surface area contributed by atoms with E-state index in [4.69, 9.17) is 0 Å². The van der Waals surface area contributed by atoms with Crippen molar-refractivity contribution in [1.82, 2.24) is 4.13 Å². The number of benzene rings is 1. The molecule has 0 saturated heterocycles. The lowest BCUT2D eigenvalue weighted by atomic mass is 10.1. The van der Waals surface area contributed by atoms with Crippen molar-refractivity contribution in [3.05, 3.63) is 24.3 Å². The predicted molar refractivity (Wildman–Crippen MR) is 93.5 cm³/mol. The van der Waals surface area contributed by atoms with Crippen molar-refractivity contribution < 1.29 is 16.8 Å². The van der Waals surface area contributed by atoms with Gasteiger partial charge in [-0.05, 0) is 30.7 Å². The molecule has 0 bridgehead atoms. The summed E-state index contributed by atoms with van der Waals surface area (Å²) in [6.07, 6.45) is 5.58. The Morgan fingerprint density at radius 3 is 2.00 bits per heavy atom. The molecule has 132 valence electrons. The number of rotatable bonds is 11. The average molecular weight is 363 g/mol. The zero-order valence-corrected chi connectivity index (χ0v) is 15.3. The molecule has 0 spiro atoms. The van der Waals surface area contributed by atoms with Crippen molar-refractivity contribution in [2.75, 3.05) is 18.1 Å². The summed E-state index contributed by atoms with van der Waals surface area (Å²) < 4.78 is 49.9. The molecular weight excluding hydrogens is 336 g/mol. The van der Waals surface area contributed by atoms with Gasteiger partial charge in [-0.2, -0.15) is 0 Å². The van der Waals surface area contributed by atoms with Crippen molar-refractivity contribution in [1.29, 1.82) is 0 Å². The average Bonchev–Trinajstić information content (AvgIpc) is 2.50. The molecular formula is C15H26N2O4S2. The summed E-state index contributed by atoms with van der Waals surface area (Å²) in [5, 5.41) is 2.87. The van der Waals surface area contributed by atoms with Crippen LogP contribution in [-0.4, -0.2) is 29.6 Å². The molecule has 0 saturated carbocycles. The van der Waals surface area contributed by atoms with Gasteiger partial charge in [-0.3, -0.25) is 0 Å². The molecule has 0 aliphatic rings. The molecule has 2 N–H and O–H groups in total. The maximum absolute atomic E-state index is 12.1. The molecule has 1 aromatic carbocycles. The molecule has 0 aliphatic carbocycles. The lowest BCUT2D eigenvalue weighted by molar-refractivity contribution is 0.570. The molecule has 0 fully saturated rings. The molecule has 1 rings (SSSR count). The van der Waals surface area contributed by atoms with Gasteiger partial charge in [-0.1, -0.05) is 39.0 Å². The summed E-state index contributed by atoms with van der Waals surface area (Å²) in [4.78, 5) is -0.0666. The van der Waals surface area contributed by atoms with E-state index >= 15 is 0 Å². The molecule has 0 unspecified atom stereocenters. The normalized spacial score (nSPS) is 12.3. The second-order valence-corrected chi connectivity index (χ2v) is 9.23. The fourth-order valence-electron chi connectivity index (χ4n) is 2.13. The van der Waals surface area contributed by atoms with Crippen molar-refractivity contribution in [3.63, 3.8) is 0 Å². The molecule has 23 heavy (non-hydrogen) atoms. The van der Waals surface area contributed by atoms with Gasteiger partial charge < -0.3 is 5.32 Å². The number of sulfonamides is 2. The fourth-order valence-corrected chi connectivity index (χ4v) is 5.26. The maximum Gasteiger partial charge on any atom is 0.253 e. The molecule has 0 aliphatic heterocycles. The van der Waals surface area contributed by atoms with Gasteiger partial charge in [-0.15, -0.1) is 4.13 Å². The fraction of sp³-hybridized carbons (Fsp3) is 0.600. The van der Waals surface area contributed by atoms with Crippen molar-refractivity contribution in [2.45, 2.75) is 50.3 Å². The first-order chi connectivity index (χ1) is 10.8. The van der Waals surface area contributed by atoms with Gasteiger partial charge in [0, 0.05) is 12.7 Å². The van der Waals surface area contributed by atoms with E-state index in [9.17, 15) is 16.8 Å². The zero-order valence-electron chi connectivity index (χ0n) is 13.7. The topological polar surface area (TPSA) is 92.3 Å². The molecule has 0 aromatic heterocycles. The predicted octanol–water partition coefficient (Wildman–Crippen LogP) is 2.70. The molecule has 0 amide bonds. The van der Waals surface area contributed by atoms with Crippen molar-refractivity contribution in [3.8, 4) is 0 Å². The molecule has 0 heterocycles. The Morgan fingerprint density at radius 2 is 1.43 bits per heavy atom. The number of hydrogen-bond donors (Lipinski definition) is 2. The van der Waals surface area contributed by atoms with Crippen molar-refractivity contribution >= 4 is 25.7 Å². The maximum atomic E-state index is 12.1. The lowest BCUT2D eigenvalue weighted by Gasteiger charge is -2.08. The van der Waals surface area contributed by atoms with Crippen LogP contribution in [-0.2, 0) is 20.0 Å². The van der Waals surface area contributed by atoms with Crippen LogP contribution in [0.5, 0.6) is 0 Å². The quantitative estimate of drug-likeness (QED) is 0.591. The smallest absolute Gasteiger partial charge is 0.253 e. The first kappa shape index (κ1) is 19.9. The van der Waals surface area contributed by atoms with Gasteiger partial charge in [-0.25, -0.2) is 16.8 Å². The first-order valence-electron chi connectivity index (χ1n) is 7.85. The third-order valence-electron chi connectivity index (χ3n) is 3.46. The van der Waals surface area contributed by atoms with E-state index in [0.717, 1.165) is 37.8 Å². The Kier molecular flexibility index (Phi) is 8.01. The van der Waals surface area contributed by atoms with Crippen LogP contribution in [0.3, 0.4) is 0 Å². The van der Waals surface area contributed by atoms with Gasteiger partial charge in [0.2, 0.25) is 10.0 Å². The van der Waals surface area contributed by atoms with Crippen LogP contribution < -0.4 is 9.44 Å². The standard InChI is InChI=1S/C15H26N2O4S2/c1-3-4-5-6-7-8-13-22(18,19)17-23(20,21)15-11-9-14(16-2)10-12-15/h9-12,16-17H,3-8,13H2,1-2H3. The van der Waals surface area contributed by atoms with E-state index in [1.807, 2.05) is 4.13 Å². The number of hydrogen-bond acceptors (Lipinski definition) is 5.